The minimum Gasteiger partial charge on any atom is -0.384 e. The highest BCUT2D eigenvalue weighted by molar-refractivity contribution is 5.19. The van der Waals surface area contributed by atoms with Gasteiger partial charge in [0.25, 0.3) is 0 Å². The van der Waals surface area contributed by atoms with Crippen molar-refractivity contribution in [2.75, 3.05) is 26.8 Å². The number of halogens is 1. The van der Waals surface area contributed by atoms with Gasteiger partial charge in [-0.1, -0.05) is 17.3 Å². The largest absolute Gasteiger partial charge is 0.384 e. The molecule has 5 nitrogen and oxygen atoms in total. The molecule has 1 aromatic heterocycles. The summed E-state index contributed by atoms with van der Waals surface area (Å²) in [7, 11) is 1.74. The zero-order chi connectivity index (χ0) is 15.4. The Balaban J connectivity index is 1.55. The maximum Gasteiger partial charge on any atom is 0.240 e. The second-order valence-corrected chi connectivity index (χ2v) is 5.76. The van der Waals surface area contributed by atoms with Gasteiger partial charge in [0.05, 0.1) is 13.2 Å². The van der Waals surface area contributed by atoms with Gasteiger partial charge in [-0.05, 0) is 36.6 Å². The Morgan fingerprint density at radius 1 is 1.45 bits per heavy atom. The second-order valence-electron chi connectivity index (χ2n) is 5.76. The topological polar surface area (TPSA) is 51.4 Å². The molecule has 6 heteroatoms. The first-order chi connectivity index (χ1) is 10.7. The quantitative estimate of drug-likeness (QED) is 0.819. The lowest BCUT2D eigenvalue weighted by atomic mass is 10.1. The number of hydrogen-bond acceptors (Lipinski definition) is 5. The lowest BCUT2D eigenvalue weighted by Crippen LogP contribution is -2.21. The van der Waals surface area contributed by atoms with Crippen molar-refractivity contribution >= 4 is 0 Å². The van der Waals surface area contributed by atoms with Gasteiger partial charge in [0.2, 0.25) is 5.89 Å². The molecule has 1 aliphatic rings. The van der Waals surface area contributed by atoms with Crippen molar-refractivity contribution in [3.05, 3.63) is 47.4 Å². The van der Waals surface area contributed by atoms with Gasteiger partial charge in [-0.25, -0.2) is 4.39 Å². The zero-order valence-corrected chi connectivity index (χ0v) is 12.7. The Labute approximate surface area is 129 Å². The summed E-state index contributed by atoms with van der Waals surface area (Å²) < 4.78 is 23.7. The van der Waals surface area contributed by atoms with Crippen LogP contribution in [0.15, 0.2) is 28.8 Å². The molecule has 0 aliphatic carbocycles. The number of ether oxygens (including phenoxy) is 1. The van der Waals surface area contributed by atoms with E-state index in [4.69, 9.17) is 9.26 Å². The number of aromatic nitrogens is 2. The van der Waals surface area contributed by atoms with Crippen LogP contribution in [0.1, 0.15) is 23.7 Å². The summed E-state index contributed by atoms with van der Waals surface area (Å²) in [5, 5.41) is 3.98. The van der Waals surface area contributed by atoms with Crippen molar-refractivity contribution in [2.45, 2.75) is 19.4 Å². The Kier molecular flexibility index (Phi) is 4.80. The monoisotopic (exact) mass is 305 g/mol. The van der Waals surface area contributed by atoms with Crippen LogP contribution in [0, 0.1) is 11.7 Å². The molecule has 0 amide bonds. The number of nitrogens with zero attached hydrogens (tertiary/aromatic N) is 3. The minimum atomic E-state index is -0.248. The molecule has 0 bridgehead atoms. The fraction of sp³-hybridized carbons (Fsp3) is 0.500. The fourth-order valence-electron chi connectivity index (χ4n) is 2.88. The molecular formula is C16H20FN3O2. The highest BCUT2D eigenvalue weighted by atomic mass is 19.1. The van der Waals surface area contributed by atoms with Gasteiger partial charge in [-0.15, -0.1) is 0 Å². The molecule has 3 rings (SSSR count). The maximum absolute atomic E-state index is 13.2. The van der Waals surface area contributed by atoms with Crippen molar-refractivity contribution < 1.29 is 13.7 Å². The van der Waals surface area contributed by atoms with Gasteiger partial charge in [-0.2, -0.15) is 4.98 Å². The number of likely N-dealkylation sites (tertiary alicyclic amines) is 1. The Morgan fingerprint density at radius 2 is 2.36 bits per heavy atom. The van der Waals surface area contributed by atoms with Crippen LogP contribution in [-0.2, 0) is 17.7 Å². The van der Waals surface area contributed by atoms with E-state index in [2.05, 4.69) is 15.0 Å². The van der Waals surface area contributed by atoms with E-state index < -0.39 is 0 Å². The third-order valence-electron chi connectivity index (χ3n) is 3.89. The molecule has 0 spiro atoms. The van der Waals surface area contributed by atoms with E-state index in [9.17, 15) is 4.39 Å². The van der Waals surface area contributed by atoms with Gasteiger partial charge in [0.15, 0.2) is 5.82 Å². The van der Waals surface area contributed by atoms with Crippen molar-refractivity contribution in [1.29, 1.82) is 0 Å². The van der Waals surface area contributed by atoms with Crippen LogP contribution >= 0.6 is 0 Å². The van der Waals surface area contributed by atoms with Crippen molar-refractivity contribution in [3.8, 4) is 0 Å². The highest BCUT2D eigenvalue weighted by Gasteiger charge is 2.23. The first-order valence-electron chi connectivity index (χ1n) is 7.50. The molecular weight excluding hydrogens is 285 g/mol. The van der Waals surface area contributed by atoms with E-state index in [1.165, 1.54) is 12.1 Å². The third kappa shape index (κ3) is 3.90. The average Bonchev–Trinajstić information content (AvgIpc) is 3.10. The van der Waals surface area contributed by atoms with E-state index >= 15 is 0 Å². The van der Waals surface area contributed by atoms with Crippen molar-refractivity contribution in [2.24, 2.45) is 5.92 Å². The number of hydrogen-bond donors (Lipinski definition) is 0. The molecule has 0 radical (unpaired) electrons. The molecule has 1 atom stereocenters. The molecule has 1 aromatic carbocycles. The molecule has 1 fully saturated rings. The Bertz CT molecular complexity index is 617. The van der Waals surface area contributed by atoms with Crippen molar-refractivity contribution in [3.63, 3.8) is 0 Å². The summed E-state index contributed by atoms with van der Waals surface area (Å²) in [4.78, 5) is 6.69. The molecule has 0 saturated carbocycles. The average molecular weight is 305 g/mol. The molecule has 2 heterocycles. The van der Waals surface area contributed by atoms with Crippen LogP contribution < -0.4 is 0 Å². The van der Waals surface area contributed by atoms with Crippen LogP contribution in [0.25, 0.3) is 0 Å². The normalized spacial score (nSPS) is 18.9. The molecule has 1 saturated heterocycles. The smallest absolute Gasteiger partial charge is 0.240 e. The molecule has 0 N–H and O–H groups in total. The van der Waals surface area contributed by atoms with Gasteiger partial charge in [0.1, 0.15) is 5.82 Å². The predicted molar refractivity (Wildman–Crippen MR) is 78.8 cm³/mol. The molecule has 0 unspecified atom stereocenters. The summed E-state index contributed by atoms with van der Waals surface area (Å²) in [6.45, 7) is 3.48. The first kappa shape index (κ1) is 15.1. The van der Waals surface area contributed by atoms with Crippen LogP contribution in [0.4, 0.5) is 4.39 Å². The maximum atomic E-state index is 13.2. The van der Waals surface area contributed by atoms with Crippen LogP contribution in [-0.4, -0.2) is 41.8 Å². The van der Waals surface area contributed by atoms with E-state index in [0.717, 1.165) is 31.7 Å². The predicted octanol–water partition coefficient (Wildman–Crippen LogP) is 2.27. The van der Waals surface area contributed by atoms with E-state index in [1.807, 2.05) is 6.07 Å². The summed E-state index contributed by atoms with van der Waals surface area (Å²) in [6, 6.07) is 6.46. The zero-order valence-electron chi connectivity index (χ0n) is 12.7. The summed E-state index contributed by atoms with van der Waals surface area (Å²) in [5.41, 5.74) is 0.841. The SMILES string of the molecule is COC[C@@H]1CCN(Cc2nc(Cc3cccc(F)c3)no2)C1. The van der Waals surface area contributed by atoms with Crippen LogP contribution in [0.5, 0.6) is 0 Å². The second kappa shape index (κ2) is 6.98. The van der Waals surface area contributed by atoms with Gasteiger partial charge in [-0.3, -0.25) is 4.90 Å². The highest BCUT2D eigenvalue weighted by Crippen LogP contribution is 2.18. The van der Waals surface area contributed by atoms with Crippen LogP contribution in [0.3, 0.4) is 0 Å². The molecule has 22 heavy (non-hydrogen) atoms. The number of rotatable bonds is 6. The van der Waals surface area contributed by atoms with Gasteiger partial charge < -0.3 is 9.26 Å². The minimum absolute atomic E-state index is 0.248. The van der Waals surface area contributed by atoms with Gasteiger partial charge >= 0.3 is 0 Å². The third-order valence-corrected chi connectivity index (χ3v) is 3.89. The molecule has 1 aliphatic heterocycles. The van der Waals surface area contributed by atoms with Crippen molar-refractivity contribution in [1.82, 2.24) is 15.0 Å². The van der Waals surface area contributed by atoms with Crippen LogP contribution in [0.2, 0.25) is 0 Å². The number of methoxy groups -OCH3 is 1. The molecule has 2 aromatic rings. The summed E-state index contributed by atoms with van der Waals surface area (Å²) in [5.74, 6) is 1.54. The van der Waals surface area contributed by atoms with E-state index in [0.29, 0.717) is 30.6 Å². The van der Waals surface area contributed by atoms with E-state index in [1.54, 1.807) is 13.2 Å². The summed E-state index contributed by atoms with van der Waals surface area (Å²) >= 11 is 0. The number of benzene rings is 1. The fourth-order valence-corrected chi connectivity index (χ4v) is 2.88. The van der Waals surface area contributed by atoms with E-state index in [-0.39, 0.29) is 5.82 Å². The summed E-state index contributed by atoms with van der Waals surface area (Å²) in [6.07, 6.45) is 1.62. The van der Waals surface area contributed by atoms with Gasteiger partial charge in [0, 0.05) is 20.1 Å². The molecule has 118 valence electrons. The lowest BCUT2D eigenvalue weighted by Gasteiger charge is -2.12. The standard InChI is InChI=1S/C16H20FN3O2/c1-21-11-13-5-6-20(9-13)10-16-18-15(19-22-16)8-12-3-2-4-14(17)7-12/h2-4,7,13H,5-6,8-11H2,1H3/t13-/m1/s1. The Morgan fingerprint density at radius 3 is 3.18 bits per heavy atom. The first-order valence-corrected chi connectivity index (χ1v) is 7.50. The Hall–Kier alpha value is -1.79. The lowest BCUT2D eigenvalue weighted by molar-refractivity contribution is 0.151.